The first-order valence-corrected chi connectivity index (χ1v) is 5.16. The van der Waals surface area contributed by atoms with Gasteiger partial charge in [0.2, 0.25) is 5.78 Å². The normalized spacial score (nSPS) is 11.6. The van der Waals surface area contributed by atoms with Crippen molar-refractivity contribution in [2.24, 2.45) is 0 Å². The fourth-order valence-electron chi connectivity index (χ4n) is 1.54. The molecule has 0 aliphatic heterocycles. The first kappa shape index (κ1) is 12.4. The van der Waals surface area contributed by atoms with Crippen LogP contribution in [0.25, 0.3) is 0 Å². The van der Waals surface area contributed by atoms with Crippen LogP contribution < -0.4 is 0 Å². The van der Waals surface area contributed by atoms with Crippen molar-refractivity contribution in [2.75, 3.05) is 0 Å². The molecule has 0 bridgehead atoms. The molecule has 2 nitrogen and oxygen atoms in total. The van der Waals surface area contributed by atoms with Gasteiger partial charge in [-0.15, -0.1) is 0 Å². The van der Waals surface area contributed by atoms with Crippen LogP contribution in [0.2, 0.25) is 0 Å². The molecule has 0 aliphatic carbocycles. The van der Waals surface area contributed by atoms with E-state index in [2.05, 4.69) is 0 Å². The Kier molecular flexibility index (Phi) is 2.98. The van der Waals surface area contributed by atoms with Crippen LogP contribution in [0.1, 0.15) is 27.4 Å². The van der Waals surface area contributed by atoms with E-state index in [0.717, 1.165) is 12.1 Å². The molecular formula is C13H9F3O2. The maximum atomic E-state index is 12.5. The van der Waals surface area contributed by atoms with E-state index in [-0.39, 0.29) is 11.3 Å². The van der Waals surface area contributed by atoms with Crippen LogP contribution in [0.4, 0.5) is 13.2 Å². The Hall–Kier alpha value is -2.04. The van der Waals surface area contributed by atoms with Gasteiger partial charge in [-0.3, -0.25) is 4.79 Å². The SMILES string of the molecule is Cc1ccc(C(=O)c2cccc(C(F)(F)F)c2)o1. The number of furan rings is 1. The lowest BCUT2D eigenvalue weighted by molar-refractivity contribution is -0.137. The number of carbonyl (C=O) groups excluding carboxylic acids is 1. The fourth-order valence-corrected chi connectivity index (χ4v) is 1.54. The van der Waals surface area contributed by atoms with Crippen molar-refractivity contribution in [1.29, 1.82) is 0 Å². The maximum absolute atomic E-state index is 12.5. The van der Waals surface area contributed by atoms with E-state index >= 15 is 0 Å². The summed E-state index contributed by atoms with van der Waals surface area (Å²) in [4.78, 5) is 11.9. The number of ketones is 1. The molecule has 0 spiro atoms. The zero-order valence-electron chi connectivity index (χ0n) is 9.41. The highest BCUT2D eigenvalue weighted by Crippen LogP contribution is 2.30. The average Bonchev–Trinajstić information content (AvgIpc) is 2.74. The van der Waals surface area contributed by atoms with Crippen LogP contribution in [0, 0.1) is 6.92 Å². The van der Waals surface area contributed by atoms with Crippen molar-refractivity contribution in [3.05, 3.63) is 59.0 Å². The monoisotopic (exact) mass is 254 g/mol. The molecule has 0 unspecified atom stereocenters. The molecule has 1 heterocycles. The summed E-state index contributed by atoms with van der Waals surface area (Å²) in [6, 6.07) is 7.30. The molecule has 18 heavy (non-hydrogen) atoms. The standard InChI is InChI=1S/C13H9F3O2/c1-8-5-6-11(18-8)12(17)9-3-2-4-10(7-9)13(14,15)16/h2-7H,1H3. The van der Waals surface area contributed by atoms with Gasteiger partial charge in [0.1, 0.15) is 5.76 Å². The first-order valence-electron chi connectivity index (χ1n) is 5.16. The van der Waals surface area contributed by atoms with Crippen LogP contribution in [-0.4, -0.2) is 5.78 Å². The lowest BCUT2D eigenvalue weighted by atomic mass is 10.1. The van der Waals surface area contributed by atoms with E-state index in [9.17, 15) is 18.0 Å². The van der Waals surface area contributed by atoms with Gasteiger partial charge in [-0.25, -0.2) is 0 Å². The minimum atomic E-state index is -4.46. The molecule has 94 valence electrons. The number of alkyl halides is 3. The lowest BCUT2D eigenvalue weighted by Gasteiger charge is -2.07. The highest BCUT2D eigenvalue weighted by atomic mass is 19.4. The van der Waals surface area contributed by atoms with Gasteiger partial charge in [0, 0.05) is 5.56 Å². The van der Waals surface area contributed by atoms with Crippen LogP contribution in [0.15, 0.2) is 40.8 Å². The summed E-state index contributed by atoms with van der Waals surface area (Å²) in [7, 11) is 0. The van der Waals surface area contributed by atoms with Crippen molar-refractivity contribution in [1.82, 2.24) is 0 Å². The van der Waals surface area contributed by atoms with Gasteiger partial charge in [0.25, 0.3) is 0 Å². The highest BCUT2D eigenvalue weighted by molar-refractivity contribution is 6.07. The molecule has 0 N–H and O–H groups in total. The smallest absolute Gasteiger partial charge is 0.416 e. The minimum absolute atomic E-state index is 0.0341. The molecular weight excluding hydrogens is 245 g/mol. The second-order valence-corrected chi connectivity index (χ2v) is 3.82. The van der Waals surface area contributed by atoms with E-state index < -0.39 is 17.5 Å². The van der Waals surface area contributed by atoms with Gasteiger partial charge < -0.3 is 4.42 Å². The molecule has 1 aromatic heterocycles. The number of benzene rings is 1. The number of rotatable bonds is 2. The van der Waals surface area contributed by atoms with Crippen LogP contribution >= 0.6 is 0 Å². The molecule has 0 saturated carbocycles. The summed E-state index contributed by atoms with van der Waals surface area (Å²) in [5, 5.41) is 0. The zero-order chi connectivity index (χ0) is 13.3. The first-order chi connectivity index (χ1) is 8.38. The number of hydrogen-bond acceptors (Lipinski definition) is 2. The molecule has 0 atom stereocenters. The van der Waals surface area contributed by atoms with Crippen molar-refractivity contribution in [3.8, 4) is 0 Å². The molecule has 0 radical (unpaired) electrons. The van der Waals surface area contributed by atoms with Gasteiger partial charge >= 0.3 is 6.18 Å². The molecule has 5 heteroatoms. The molecule has 0 saturated heterocycles. The Morgan fingerprint density at radius 3 is 2.44 bits per heavy atom. The topological polar surface area (TPSA) is 30.2 Å². The van der Waals surface area contributed by atoms with Crippen molar-refractivity contribution < 1.29 is 22.4 Å². The molecule has 0 amide bonds. The summed E-state index contributed by atoms with van der Waals surface area (Å²) in [6.07, 6.45) is -4.46. The van der Waals surface area contributed by atoms with Crippen LogP contribution in [0.5, 0.6) is 0 Å². The summed E-state index contributed by atoms with van der Waals surface area (Å²) in [6.45, 7) is 1.66. The summed E-state index contributed by atoms with van der Waals surface area (Å²) in [5.74, 6) is 0.00588. The van der Waals surface area contributed by atoms with E-state index in [1.54, 1.807) is 13.0 Å². The third-order valence-corrected chi connectivity index (χ3v) is 2.42. The Morgan fingerprint density at radius 2 is 1.89 bits per heavy atom. The quantitative estimate of drug-likeness (QED) is 0.762. The van der Waals surface area contributed by atoms with Crippen molar-refractivity contribution in [3.63, 3.8) is 0 Å². The highest BCUT2D eigenvalue weighted by Gasteiger charge is 2.31. The fraction of sp³-hybridized carbons (Fsp3) is 0.154. The van der Waals surface area contributed by atoms with Gasteiger partial charge in [0.05, 0.1) is 5.56 Å². The van der Waals surface area contributed by atoms with Gasteiger partial charge in [-0.1, -0.05) is 12.1 Å². The molecule has 2 rings (SSSR count). The summed E-state index contributed by atoms with van der Waals surface area (Å²) >= 11 is 0. The van der Waals surface area contributed by atoms with Crippen LogP contribution in [0.3, 0.4) is 0 Å². The second-order valence-electron chi connectivity index (χ2n) is 3.82. The predicted molar refractivity (Wildman–Crippen MR) is 58.3 cm³/mol. The van der Waals surface area contributed by atoms with Gasteiger partial charge in [0.15, 0.2) is 5.76 Å². The number of carbonyl (C=O) groups is 1. The van der Waals surface area contributed by atoms with E-state index in [1.165, 1.54) is 18.2 Å². The summed E-state index contributed by atoms with van der Waals surface area (Å²) in [5.41, 5.74) is -0.893. The largest absolute Gasteiger partial charge is 0.458 e. The molecule has 0 aliphatic rings. The third-order valence-electron chi connectivity index (χ3n) is 2.42. The van der Waals surface area contributed by atoms with E-state index in [0.29, 0.717) is 5.76 Å². The number of aryl methyl sites for hydroxylation is 1. The Bertz CT molecular complexity index is 582. The lowest BCUT2D eigenvalue weighted by Crippen LogP contribution is -2.07. The van der Waals surface area contributed by atoms with E-state index in [1.807, 2.05) is 0 Å². The Labute approximate surface area is 101 Å². The average molecular weight is 254 g/mol. The summed E-state index contributed by atoms with van der Waals surface area (Å²) < 4.78 is 42.6. The predicted octanol–water partition coefficient (Wildman–Crippen LogP) is 3.84. The van der Waals surface area contributed by atoms with E-state index in [4.69, 9.17) is 4.42 Å². The molecule has 2 aromatic rings. The maximum Gasteiger partial charge on any atom is 0.416 e. The third kappa shape index (κ3) is 2.45. The second kappa shape index (κ2) is 4.33. The zero-order valence-corrected chi connectivity index (χ0v) is 9.41. The Morgan fingerprint density at radius 1 is 1.17 bits per heavy atom. The van der Waals surface area contributed by atoms with Gasteiger partial charge in [-0.05, 0) is 31.2 Å². The van der Waals surface area contributed by atoms with Crippen molar-refractivity contribution in [2.45, 2.75) is 13.1 Å². The van der Waals surface area contributed by atoms with Crippen LogP contribution in [-0.2, 0) is 6.18 Å². The molecule has 1 aromatic carbocycles. The number of halogens is 3. The minimum Gasteiger partial charge on any atom is -0.458 e. The Balaban J connectivity index is 2.37. The van der Waals surface area contributed by atoms with Gasteiger partial charge in [-0.2, -0.15) is 13.2 Å². The molecule has 0 fully saturated rings. The van der Waals surface area contributed by atoms with Crippen molar-refractivity contribution >= 4 is 5.78 Å². The number of hydrogen-bond donors (Lipinski definition) is 0.